The second kappa shape index (κ2) is 9.02. The van der Waals surface area contributed by atoms with Gasteiger partial charge in [0.25, 0.3) is 5.91 Å². The fourth-order valence-electron chi connectivity index (χ4n) is 3.18. The lowest BCUT2D eigenvalue weighted by Gasteiger charge is -2.12. The highest BCUT2D eigenvalue weighted by atomic mass is 32.1. The Labute approximate surface area is 170 Å². The number of phenols is 1. The van der Waals surface area contributed by atoms with Crippen LogP contribution in [0, 0.1) is 13.8 Å². The predicted molar refractivity (Wildman–Crippen MR) is 116 cm³/mol. The number of ether oxygens (including phenoxy) is 1. The monoisotopic (exact) mass is 395 g/mol. The molecule has 3 aromatic carbocycles. The molecule has 0 aromatic heterocycles. The maximum Gasteiger partial charge on any atom is 0.255 e. The number of fused-ring (bicyclic) bond motifs is 1. The number of benzene rings is 3. The predicted octanol–water partition coefficient (Wildman–Crippen LogP) is 5.04. The van der Waals surface area contributed by atoms with Gasteiger partial charge in [-0.15, -0.1) is 12.6 Å². The molecule has 0 saturated heterocycles. The molecule has 1 amide bonds. The van der Waals surface area contributed by atoms with Crippen LogP contribution in [0.4, 0.5) is 0 Å². The van der Waals surface area contributed by atoms with E-state index in [0.29, 0.717) is 23.4 Å². The average molecular weight is 396 g/mol. The molecule has 0 bridgehead atoms. The van der Waals surface area contributed by atoms with Crippen LogP contribution >= 0.6 is 12.6 Å². The Morgan fingerprint density at radius 1 is 1.07 bits per heavy atom. The lowest BCUT2D eigenvalue weighted by atomic mass is 10.0. The molecular formula is C23H25NO3S. The van der Waals surface area contributed by atoms with E-state index in [9.17, 15) is 9.90 Å². The lowest BCUT2D eigenvalue weighted by Crippen LogP contribution is -2.25. The first-order valence-electron chi connectivity index (χ1n) is 9.39. The second-order valence-corrected chi connectivity index (χ2v) is 7.40. The van der Waals surface area contributed by atoms with Gasteiger partial charge in [-0.25, -0.2) is 0 Å². The summed E-state index contributed by atoms with van der Waals surface area (Å²) in [7, 11) is 0. The number of hydrogen-bond donors (Lipinski definition) is 3. The number of carbonyl (C=O) groups is 1. The van der Waals surface area contributed by atoms with Crippen molar-refractivity contribution >= 4 is 29.3 Å². The Hall–Kier alpha value is -2.66. The van der Waals surface area contributed by atoms with E-state index >= 15 is 0 Å². The number of amides is 1. The van der Waals surface area contributed by atoms with Crippen LogP contribution in [-0.4, -0.2) is 24.2 Å². The Bertz CT molecular complexity index is 1000. The summed E-state index contributed by atoms with van der Waals surface area (Å²) in [4.78, 5) is 13.1. The molecule has 3 rings (SSSR count). The van der Waals surface area contributed by atoms with Crippen LogP contribution in [0.5, 0.6) is 11.5 Å². The SMILES string of the molecule is Cc1ccc(OCCCCNC(=O)c2cc(S)c3ccccc3c2O)c(C)c1. The molecule has 0 radical (unpaired) electrons. The lowest BCUT2D eigenvalue weighted by molar-refractivity contribution is 0.0949. The molecule has 0 heterocycles. The van der Waals surface area contributed by atoms with E-state index < -0.39 is 0 Å². The molecule has 28 heavy (non-hydrogen) atoms. The minimum Gasteiger partial charge on any atom is -0.506 e. The van der Waals surface area contributed by atoms with Crippen LogP contribution in [-0.2, 0) is 0 Å². The van der Waals surface area contributed by atoms with Crippen molar-refractivity contribution in [1.82, 2.24) is 5.32 Å². The second-order valence-electron chi connectivity index (χ2n) is 6.92. The molecule has 0 saturated carbocycles. The van der Waals surface area contributed by atoms with Gasteiger partial charge >= 0.3 is 0 Å². The van der Waals surface area contributed by atoms with Crippen molar-refractivity contribution in [2.75, 3.05) is 13.2 Å². The van der Waals surface area contributed by atoms with Gasteiger partial charge in [0.15, 0.2) is 0 Å². The molecule has 0 atom stereocenters. The first-order chi connectivity index (χ1) is 13.5. The zero-order chi connectivity index (χ0) is 20.1. The number of aromatic hydroxyl groups is 1. The minimum atomic E-state index is -0.297. The molecule has 2 N–H and O–H groups in total. The number of nitrogens with one attached hydrogen (secondary N) is 1. The van der Waals surface area contributed by atoms with Crippen molar-refractivity contribution in [3.63, 3.8) is 0 Å². The van der Waals surface area contributed by atoms with Crippen molar-refractivity contribution < 1.29 is 14.6 Å². The van der Waals surface area contributed by atoms with Crippen molar-refractivity contribution in [2.24, 2.45) is 0 Å². The van der Waals surface area contributed by atoms with E-state index in [2.05, 4.69) is 30.9 Å². The molecule has 4 nitrogen and oxygen atoms in total. The number of rotatable bonds is 7. The summed E-state index contributed by atoms with van der Waals surface area (Å²) in [6.45, 7) is 5.21. The van der Waals surface area contributed by atoms with Crippen LogP contribution in [0.15, 0.2) is 53.4 Å². The largest absolute Gasteiger partial charge is 0.506 e. The summed E-state index contributed by atoms with van der Waals surface area (Å²) < 4.78 is 5.80. The number of thiol groups is 1. The third-order valence-electron chi connectivity index (χ3n) is 4.68. The number of aryl methyl sites for hydroxylation is 2. The highest BCUT2D eigenvalue weighted by Gasteiger charge is 2.15. The Morgan fingerprint density at radius 3 is 2.57 bits per heavy atom. The van der Waals surface area contributed by atoms with Gasteiger partial charge in [0.05, 0.1) is 12.2 Å². The number of carbonyl (C=O) groups excluding carboxylic acids is 1. The Balaban J connectivity index is 1.50. The first kappa shape index (κ1) is 20.1. The van der Waals surface area contributed by atoms with Crippen molar-refractivity contribution in [1.29, 1.82) is 0 Å². The van der Waals surface area contributed by atoms with Gasteiger partial charge in [0, 0.05) is 16.8 Å². The van der Waals surface area contributed by atoms with Gasteiger partial charge in [-0.3, -0.25) is 4.79 Å². The number of unbranched alkanes of at least 4 members (excludes halogenated alkanes) is 1. The number of hydrogen-bond acceptors (Lipinski definition) is 4. The van der Waals surface area contributed by atoms with Crippen molar-refractivity contribution in [2.45, 2.75) is 31.6 Å². The van der Waals surface area contributed by atoms with Crippen molar-refractivity contribution in [3.05, 3.63) is 65.2 Å². The normalized spacial score (nSPS) is 10.8. The first-order valence-corrected chi connectivity index (χ1v) is 9.84. The fraction of sp³-hybridized carbons (Fsp3) is 0.261. The topological polar surface area (TPSA) is 58.6 Å². The van der Waals surface area contributed by atoms with E-state index in [-0.39, 0.29) is 17.2 Å². The standard InChI is InChI=1S/C23H25NO3S/c1-15-9-10-20(16(2)13-15)27-12-6-5-11-24-23(26)19-14-21(28)17-7-3-4-8-18(17)22(19)25/h3-4,7-10,13-14,25,28H,5-6,11-12H2,1-2H3,(H,24,26). The number of phenolic OH excluding ortho intramolecular Hbond substituents is 1. The van der Waals surface area contributed by atoms with Crippen LogP contribution in [0.3, 0.4) is 0 Å². The van der Waals surface area contributed by atoms with Crippen LogP contribution in [0.1, 0.15) is 34.3 Å². The third-order valence-corrected chi connectivity index (χ3v) is 5.05. The highest BCUT2D eigenvalue weighted by molar-refractivity contribution is 7.80. The molecule has 0 unspecified atom stereocenters. The highest BCUT2D eigenvalue weighted by Crippen LogP contribution is 2.33. The van der Waals surface area contributed by atoms with E-state index in [0.717, 1.165) is 29.5 Å². The van der Waals surface area contributed by atoms with E-state index in [1.807, 2.05) is 37.3 Å². The van der Waals surface area contributed by atoms with Crippen molar-refractivity contribution in [3.8, 4) is 11.5 Å². The molecule has 3 aromatic rings. The maximum absolute atomic E-state index is 12.5. The molecule has 0 spiro atoms. The Morgan fingerprint density at radius 2 is 1.82 bits per heavy atom. The molecule has 0 aliphatic rings. The van der Waals surface area contributed by atoms with E-state index in [4.69, 9.17) is 4.74 Å². The summed E-state index contributed by atoms with van der Waals surface area (Å²) in [5, 5.41) is 14.8. The molecule has 5 heteroatoms. The molecule has 0 fully saturated rings. The zero-order valence-electron chi connectivity index (χ0n) is 16.2. The van der Waals surface area contributed by atoms with Gasteiger partial charge in [-0.2, -0.15) is 0 Å². The summed E-state index contributed by atoms with van der Waals surface area (Å²) in [5.74, 6) is 0.593. The molecule has 146 valence electrons. The third kappa shape index (κ3) is 4.60. The average Bonchev–Trinajstić information content (AvgIpc) is 2.68. The van der Waals surface area contributed by atoms with Crippen LogP contribution in [0.2, 0.25) is 0 Å². The summed E-state index contributed by atoms with van der Waals surface area (Å²) >= 11 is 4.44. The quantitative estimate of drug-likeness (QED) is 0.388. The fourth-order valence-corrected chi connectivity index (χ4v) is 3.51. The smallest absolute Gasteiger partial charge is 0.255 e. The maximum atomic E-state index is 12.5. The zero-order valence-corrected chi connectivity index (χ0v) is 17.1. The molecule has 0 aliphatic heterocycles. The van der Waals surface area contributed by atoms with Gasteiger partial charge in [-0.05, 0) is 49.8 Å². The Kier molecular flexibility index (Phi) is 6.47. The summed E-state index contributed by atoms with van der Waals surface area (Å²) in [6, 6.07) is 15.1. The van der Waals surface area contributed by atoms with E-state index in [1.54, 1.807) is 12.1 Å². The van der Waals surface area contributed by atoms with Crippen LogP contribution < -0.4 is 10.1 Å². The minimum absolute atomic E-state index is 0.0101. The van der Waals surface area contributed by atoms with E-state index in [1.165, 1.54) is 5.56 Å². The van der Waals surface area contributed by atoms with Gasteiger partial charge in [0.2, 0.25) is 0 Å². The van der Waals surface area contributed by atoms with Gasteiger partial charge in [-0.1, -0.05) is 42.0 Å². The summed E-state index contributed by atoms with van der Waals surface area (Å²) in [6.07, 6.45) is 1.62. The molecule has 0 aliphatic carbocycles. The van der Waals surface area contributed by atoms with Gasteiger partial charge in [0.1, 0.15) is 11.5 Å². The summed E-state index contributed by atoms with van der Waals surface area (Å²) in [5.41, 5.74) is 2.59. The van der Waals surface area contributed by atoms with Gasteiger partial charge < -0.3 is 15.2 Å². The van der Waals surface area contributed by atoms with Crippen LogP contribution in [0.25, 0.3) is 10.8 Å². The molecular weight excluding hydrogens is 370 g/mol.